The fraction of sp³-hybridized carbons (Fsp3) is 0.429. The molecule has 84 valence electrons. The normalized spacial score (nSPS) is 11.5. The predicted molar refractivity (Wildman–Crippen MR) is 58.7 cm³/mol. The lowest BCUT2D eigenvalue weighted by Crippen LogP contribution is -2.32. The lowest BCUT2D eigenvalue weighted by atomic mass is 10.4. The van der Waals surface area contributed by atoms with Crippen molar-refractivity contribution in [3.8, 4) is 0 Å². The van der Waals surface area contributed by atoms with Gasteiger partial charge in [0.25, 0.3) is 0 Å². The number of hydrogen-bond donors (Lipinski definition) is 2. The van der Waals surface area contributed by atoms with Gasteiger partial charge in [-0.05, 0) is 6.92 Å². The molecule has 6 nitrogen and oxygen atoms in total. The van der Waals surface area contributed by atoms with Gasteiger partial charge in [0.15, 0.2) is 0 Å². The van der Waals surface area contributed by atoms with Crippen molar-refractivity contribution < 1.29 is 12.9 Å². The molecule has 0 radical (unpaired) electrons. The summed E-state index contributed by atoms with van der Waals surface area (Å²) in [4.78, 5) is -0.0705. The highest BCUT2D eigenvalue weighted by Gasteiger charge is 2.12. The topological polar surface area (TPSA) is 98.2 Å². The molecule has 1 rings (SSSR count). The maximum Gasteiger partial charge on any atom is 0.218 e. The first kappa shape index (κ1) is 12.1. The second-order valence-corrected chi connectivity index (χ2v) is 5.31. The second kappa shape index (κ2) is 4.69. The third kappa shape index (κ3) is 4.36. The first-order valence-electron chi connectivity index (χ1n) is 4.07. The molecule has 8 heteroatoms. The highest BCUT2D eigenvalue weighted by Crippen LogP contribution is 2.01. The number of nitrogens with zero attached hydrogens (tertiary/aromatic N) is 1. The summed E-state index contributed by atoms with van der Waals surface area (Å²) in [5.74, 6) is 0.262. The van der Waals surface area contributed by atoms with E-state index in [4.69, 9.17) is 10.3 Å². The number of rotatable bonds is 5. The molecule has 0 spiro atoms. The Kier molecular flexibility index (Phi) is 3.77. The highest BCUT2D eigenvalue weighted by atomic mass is 32.2. The van der Waals surface area contributed by atoms with Crippen LogP contribution in [0.5, 0.6) is 0 Å². The van der Waals surface area contributed by atoms with E-state index in [1.165, 1.54) is 0 Å². The van der Waals surface area contributed by atoms with Crippen LogP contribution in [0.3, 0.4) is 0 Å². The Morgan fingerprint density at radius 2 is 2.40 bits per heavy atom. The summed E-state index contributed by atoms with van der Waals surface area (Å²) < 4.78 is 29.6. The van der Waals surface area contributed by atoms with Gasteiger partial charge in [0.2, 0.25) is 10.0 Å². The number of aryl methyl sites for hydroxylation is 1. The van der Waals surface area contributed by atoms with Gasteiger partial charge in [0.05, 0.1) is 17.2 Å². The summed E-state index contributed by atoms with van der Waals surface area (Å²) in [6.07, 6.45) is 0. The van der Waals surface area contributed by atoms with Crippen LogP contribution in [-0.4, -0.2) is 24.3 Å². The number of hydrogen-bond acceptors (Lipinski definition) is 5. The zero-order valence-electron chi connectivity index (χ0n) is 8.06. The molecular weight excluding hydrogens is 238 g/mol. The van der Waals surface area contributed by atoms with Crippen molar-refractivity contribution in [2.45, 2.75) is 13.5 Å². The van der Waals surface area contributed by atoms with E-state index in [1.807, 2.05) is 0 Å². The van der Waals surface area contributed by atoms with Crippen LogP contribution in [0.2, 0.25) is 0 Å². The molecule has 0 fully saturated rings. The summed E-state index contributed by atoms with van der Waals surface area (Å²) in [5, 5.41) is 3.63. The Balaban J connectivity index is 2.53. The van der Waals surface area contributed by atoms with Crippen molar-refractivity contribution in [2.75, 3.05) is 5.75 Å². The lowest BCUT2D eigenvalue weighted by Gasteiger charge is -2.02. The van der Waals surface area contributed by atoms with Gasteiger partial charge in [-0.1, -0.05) is 17.4 Å². The number of aromatic nitrogens is 1. The fourth-order valence-electron chi connectivity index (χ4n) is 0.923. The molecule has 3 N–H and O–H groups in total. The minimum absolute atomic E-state index is 0.0705. The molecule has 0 atom stereocenters. The molecule has 1 aromatic rings. The van der Waals surface area contributed by atoms with E-state index in [0.717, 1.165) is 0 Å². The van der Waals surface area contributed by atoms with Crippen LogP contribution >= 0.6 is 12.2 Å². The Morgan fingerprint density at radius 3 is 2.87 bits per heavy atom. The molecule has 0 aliphatic heterocycles. The summed E-state index contributed by atoms with van der Waals surface area (Å²) in [5.41, 5.74) is 5.64. The predicted octanol–water partition coefficient (Wildman–Crippen LogP) is -0.311. The molecule has 1 heterocycles. The van der Waals surface area contributed by atoms with E-state index in [2.05, 4.69) is 22.1 Å². The van der Waals surface area contributed by atoms with E-state index < -0.39 is 10.0 Å². The van der Waals surface area contributed by atoms with Crippen LogP contribution in [0, 0.1) is 6.92 Å². The molecule has 15 heavy (non-hydrogen) atoms. The summed E-state index contributed by atoms with van der Waals surface area (Å²) in [6, 6.07) is 1.64. The van der Waals surface area contributed by atoms with Crippen molar-refractivity contribution in [2.24, 2.45) is 5.73 Å². The van der Waals surface area contributed by atoms with Crippen molar-refractivity contribution in [3.63, 3.8) is 0 Å². The number of nitrogens with two attached hydrogens (primary N) is 1. The Hall–Kier alpha value is -0.990. The zero-order chi connectivity index (χ0) is 11.5. The Bertz CT molecular complexity index is 452. The maximum atomic E-state index is 11.3. The molecule has 0 saturated carbocycles. The Labute approximate surface area is 92.9 Å². The van der Waals surface area contributed by atoms with E-state index in [-0.39, 0.29) is 17.3 Å². The van der Waals surface area contributed by atoms with Crippen molar-refractivity contribution in [3.05, 3.63) is 17.5 Å². The van der Waals surface area contributed by atoms with E-state index >= 15 is 0 Å². The number of thiocarbonyl (C=S) groups is 1. The van der Waals surface area contributed by atoms with Crippen molar-refractivity contribution >= 4 is 27.2 Å². The third-order valence-electron chi connectivity index (χ3n) is 1.48. The van der Waals surface area contributed by atoms with E-state index in [0.29, 0.717) is 11.5 Å². The minimum atomic E-state index is -3.47. The summed E-state index contributed by atoms with van der Waals surface area (Å²) >= 11 is 4.50. The van der Waals surface area contributed by atoms with Crippen LogP contribution in [0.1, 0.15) is 11.5 Å². The standard InChI is InChI=1S/C7H11N3O3S2/c1-5-2-6(10-13-5)3-9-15(11,12)4-7(8)14/h2,9H,3-4H2,1H3,(H2,8,14). The number of nitrogens with one attached hydrogen (secondary N) is 1. The molecule has 0 aliphatic rings. The van der Waals surface area contributed by atoms with E-state index in [9.17, 15) is 8.42 Å². The van der Waals surface area contributed by atoms with Crippen LogP contribution in [-0.2, 0) is 16.6 Å². The summed E-state index contributed by atoms with van der Waals surface area (Å²) in [6.45, 7) is 1.79. The van der Waals surface area contributed by atoms with Crippen LogP contribution in [0.4, 0.5) is 0 Å². The van der Waals surface area contributed by atoms with Gasteiger partial charge in [0.1, 0.15) is 11.5 Å². The molecule has 0 aromatic carbocycles. The van der Waals surface area contributed by atoms with Gasteiger partial charge < -0.3 is 10.3 Å². The smallest absolute Gasteiger partial charge is 0.218 e. The highest BCUT2D eigenvalue weighted by molar-refractivity contribution is 7.92. The SMILES string of the molecule is Cc1cc(CNS(=O)(=O)CC(N)=S)no1. The van der Waals surface area contributed by atoms with Gasteiger partial charge in [-0.2, -0.15) is 0 Å². The van der Waals surface area contributed by atoms with Crippen LogP contribution < -0.4 is 10.5 Å². The van der Waals surface area contributed by atoms with Gasteiger partial charge in [0, 0.05) is 6.07 Å². The molecule has 0 saturated heterocycles. The largest absolute Gasteiger partial charge is 0.392 e. The van der Waals surface area contributed by atoms with E-state index in [1.54, 1.807) is 13.0 Å². The molecule has 0 amide bonds. The second-order valence-electron chi connectivity index (χ2n) is 2.98. The quantitative estimate of drug-likeness (QED) is 0.694. The molecular formula is C7H11N3O3S2. The van der Waals surface area contributed by atoms with Gasteiger partial charge >= 0.3 is 0 Å². The van der Waals surface area contributed by atoms with Crippen LogP contribution in [0.15, 0.2) is 10.6 Å². The molecule has 0 bridgehead atoms. The first-order valence-corrected chi connectivity index (χ1v) is 6.13. The van der Waals surface area contributed by atoms with Crippen LogP contribution in [0.25, 0.3) is 0 Å². The fourth-order valence-corrected chi connectivity index (χ4v) is 2.23. The first-order chi connectivity index (χ1) is 6.89. The third-order valence-corrected chi connectivity index (χ3v) is 3.08. The van der Waals surface area contributed by atoms with Crippen molar-refractivity contribution in [1.82, 2.24) is 9.88 Å². The maximum absolute atomic E-state index is 11.3. The monoisotopic (exact) mass is 249 g/mol. The average molecular weight is 249 g/mol. The van der Waals surface area contributed by atoms with Gasteiger partial charge in [-0.25, -0.2) is 13.1 Å². The van der Waals surface area contributed by atoms with Crippen molar-refractivity contribution in [1.29, 1.82) is 0 Å². The molecule has 1 aromatic heterocycles. The Morgan fingerprint density at radius 1 is 1.73 bits per heavy atom. The van der Waals surface area contributed by atoms with Gasteiger partial charge in [-0.15, -0.1) is 0 Å². The van der Waals surface area contributed by atoms with Gasteiger partial charge in [-0.3, -0.25) is 0 Å². The zero-order valence-corrected chi connectivity index (χ0v) is 9.69. The average Bonchev–Trinajstić information content (AvgIpc) is 2.46. The number of sulfonamides is 1. The molecule has 0 aliphatic carbocycles. The lowest BCUT2D eigenvalue weighted by molar-refractivity contribution is 0.390. The summed E-state index contributed by atoms with van der Waals surface area (Å²) in [7, 11) is -3.47. The molecule has 0 unspecified atom stereocenters. The minimum Gasteiger partial charge on any atom is -0.392 e.